The molecule has 1 heterocycles. The SMILES string of the molecule is Cc1ccc(Br)c(Nc2nc(C3CC3)nc(Cl)c2C)c1. The minimum absolute atomic E-state index is 0.481. The van der Waals surface area contributed by atoms with Crippen LogP contribution in [0.4, 0.5) is 11.5 Å². The maximum absolute atomic E-state index is 6.23. The highest BCUT2D eigenvalue weighted by atomic mass is 79.9. The first-order valence-electron chi connectivity index (χ1n) is 6.62. The third-order valence-corrected chi connectivity index (χ3v) is 4.48. The summed E-state index contributed by atoms with van der Waals surface area (Å²) in [6, 6.07) is 6.17. The summed E-state index contributed by atoms with van der Waals surface area (Å²) in [4.78, 5) is 9.01. The highest BCUT2D eigenvalue weighted by Gasteiger charge is 2.28. The summed E-state index contributed by atoms with van der Waals surface area (Å²) in [6.45, 7) is 4.00. The molecule has 0 spiro atoms. The van der Waals surface area contributed by atoms with Gasteiger partial charge in [0.25, 0.3) is 0 Å². The number of hydrogen-bond donors (Lipinski definition) is 1. The number of aryl methyl sites for hydroxylation is 1. The molecule has 5 heteroatoms. The van der Waals surface area contributed by atoms with Gasteiger partial charge in [0.2, 0.25) is 0 Å². The number of nitrogens with zero attached hydrogens (tertiary/aromatic N) is 2. The number of aromatic nitrogens is 2. The lowest BCUT2D eigenvalue weighted by atomic mass is 10.2. The lowest BCUT2D eigenvalue weighted by molar-refractivity contribution is 0.922. The van der Waals surface area contributed by atoms with Gasteiger partial charge in [-0.05, 0) is 60.3 Å². The largest absolute Gasteiger partial charge is 0.339 e. The molecule has 0 bridgehead atoms. The molecule has 1 aliphatic carbocycles. The number of benzene rings is 1. The zero-order chi connectivity index (χ0) is 14.3. The minimum atomic E-state index is 0.481. The van der Waals surface area contributed by atoms with E-state index in [0.29, 0.717) is 11.1 Å². The van der Waals surface area contributed by atoms with Crippen molar-refractivity contribution in [2.24, 2.45) is 0 Å². The van der Waals surface area contributed by atoms with Crippen LogP contribution in [0.2, 0.25) is 5.15 Å². The summed E-state index contributed by atoms with van der Waals surface area (Å²) < 4.78 is 1.00. The van der Waals surface area contributed by atoms with E-state index in [1.54, 1.807) is 0 Å². The molecule has 0 amide bonds. The molecule has 0 radical (unpaired) electrons. The van der Waals surface area contributed by atoms with Crippen molar-refractivity contribution in [1.29, 1.82) is 0 Å². The Bertz CT molecular complexity index is 668. The Morgan fingerprint density at radius 2 is 2.00 bits per heavy atom. The smallest absolute Gasteiger partial charge is 0.138 e. The molecule has 104 valence electrons. The van der Waals surface area contributed by atoms with Gasteiger partial charge in [0.05, 0.1) is 5.69 Å². The van der Waals surface area contributed by atoms with Gasteiger partial charge in [0.1, 0.15) is 16.8 Å². The Hall–Kier alpha value is -1.13. The second-order valence-electron chi connectivity index (χ2n) is 5.23. The van der Waals surface area contributed by atoms with Crippen molar-refractivity contribution in [2.75, 3.05) is 5.32 Å². The first-order chi connectivity index (χ1) is 9.54. The summed E-state index contributed by atoms with van der Waals surface area (Å²) >= 11 is 9.78. The van der Waals surface area contributed by atoms with Crippen LogP contribution in [0, 0.1) is 13.8 Å². The summed E-state index contributed by atoms with van der Waals surface area (Å²) in [6.07, 6.45) is 2.32. The summed E-state index contributed by atoms with van der Waals surface area (Å²) in [7, 11) is 0. The Balaban J connectivity index is 1.99. The number of rotatable bonds is 3. The zero-order valence-corrected chi connectivity index (χ0v) is 13.7. The average Bonchev–Trinajstić information content (AvgIpc) is 3.23. The van der Waals surface area contributed by atoms with E-state index < -0.39 is 0 Å². The van der Waals surface area contributed by atoms with Gasteiger partial charge in [0.15, 0.2) is 0 Å². The topological polar surface area (TPSA) is 37.8 Å². The van der Waals surface area contributed by atoms with Gasteiger partial charge in [0, 0.05) is 16.0 Å². The van der Waals surface area contributed by atoms with E-state index in [0.717, 1.165) is 40.2 Å². The van der Waals surface area contributed by atoms with Crippen molar-refractivity contribution in [3.63, 3.8) is 0 Å². The highest BCUT2D eigenvalue weighted by molar-refractivity contribution is 9.10. The van der Waals surface area contributed by atoms with E-state index in [-0.39, 0.29) is 0 Å². The molecule has 20 heavy (non-hydrogen) atoms. The number of halogens is 2. The molecule has 2 aromatic rings. The minimum Gasteiger partial charge on any atom is -0.339 e. The van der Waals surface area contributed by atoms with Crippen LogP contribution >= 0.6 is 27.5 Å². The molecular formula is C15H15BrClN3. The third-order valence-electron chi connectivity index (χ3n) is 3.42. The summed E-state index contributed by atoms with van der Waals surface area (Å²) in [5.41, 5.74) is 3.06. The molecule has 1 saturated carbocycles. The second kappa shape index (κ2) is 5.34. The predicted octanol–water partition coefficient (Wildman–Crippen LogP) is 5.13. The third kappa shape index (κ3) is 2.81. The van der Waals surface area contributed by atoms with E-state index in [1.807, 2.05) is 13.0 Å². The molecule has 1 aliphatic rings. The Morgan fingerprint density at radius 3 is 2.70 bits per heavy atom. The van der Waals surface area contributed by atoms with Crippen molar-refractivity contribution >= 4 is 39.0 Å². The van der Waals surface area contributed by atoms with Crippen LogP contribution < -0.4 is 5.32 Å². The Morgan fingerprint density at radius 1 is 1.25 bits per heavy atom. The monoisotopic (exact) mass is 351 g/mol. The van der Waals surface area contributed by atoms with Gasteiger partial charge in [-0.2, -0.15) is 0 Å². The summed E-state index contributed by atoms with van der Waals surface area (Å²) in [5, 5.41) is 3.90. The van der Waals surface area contributed by atoms with E-state index >= 15 is 0 Å². The Labute approximate surface area is 131 Å². The van der Waals surface area contributed by atoms with E-state index in [9.17, 15) is 0 Å². The van der Waals surface area contributed by atoms with Crippen LogP contribution in [0.25, 0.3) is 0 Å². The molecule has 1 N–H and O–H groups in total. The molecule has 0 saturated heterocycles. The molecule has 1 fully saturated rings. The van der Waals surface area contributed by atoms with Gasteiger partial charge in [-0.1, -0.05) is 17.7 Å². The van der Waals surface area contributed by atoms with Crippen LogP contribution in [-0.4, -0.2) is 9.97 Å². The van der Waals surface area contributed by atoms with Gasteiger partial charge < -0.3 is 5.32 Å². The van der Waals surface area contributed by atoms with E-state index in [2.05, 4.69) is 50.3 Å². The number of nitrogens with one attached hydrogen (secondary N) is 1. The summed E-state index contributed by atoms with van der Waals surface area (Å²) in [5.74, 6) is 2.12. The van der Waals surface area contributed by atoms with Gasteiger partial charge >= 0.3 is 0 Å². The van der Waals surface area contributed by atoms with Gasteiger partial charge in [-0.25, -0.2) is 9.97 Å². The van der Waals surface area contributed by atoms with E-state index in [4.69, 9.17) is 11.6 Å². The predicted molar refractivity (Wildman–Crippen MR) is 85.9 cm³/mol. The van der Waals surface area contributed by atoms with Crippen LogP contribution in [0.1, 0.15) is 35.7 Å². The normalized spacial score (nSPS) is 14.4. The van der Waals surface area contributed by atoms with Crippen molar-refractivity contribution < 1.29 is 0 Å². The molecule has 1 aromatic carbocycles. The van der Waals surface area contributed by atoms with Crippen LogP contribution in [-0.2, 0) is 0 Å². The molecule has 3 nitrogen and oxygen atoms in total. The molecule has 0 unspecified atom stereocenters. The van der Waals surface area contributed by atoms with Crippen LogP contribution in [0.3, 0.4) is 0 Å². The molecule has 0 aliphatic heterocycles. The Kier molecular flexibility index (Phi) is 3.69. The second-order valence-corrected chi connectivity index (χ2v) is 6.44. The van der Waals surface area contributed by atoms with Gasteiger partial charge in [-0.15, -0.1) is 0 Å². The molecule has 0 atom stereocenters. The number of anilines is 2. The van der Waals surface area contributed by atoms with Crippen molar-refractivity contribution in [3.05, 3.63) is 44.8 Å². The quantitative estimate of drug-likeness (QED) is 0.778. The van der Waals surface area contributed by atoms with Crippen LogP contribution in [0.15, 0.2) is 22.7 Å². The van der Waals surface area contributed by atoms with Gasteiger partial charge in [-0.3, -0.25) is 0 Å². The first-order valence-corrected chi connectivity index (χ1v) is 7.79. The van der Waals surface area contributed by atoms with Crippen LogP contribution in [0.5, 0.6) is 0 Å². The maximum Gasteiger partial charge on any atom is 0.138 e. The standard InChI is InChI=1S/C15H15BrClN3/c1-8-3-6-11(16)12(7-8)18-14-9(2)13(17)19-15(20-14)10-4-5-10/h3,6-7,10H,4-5H2,1-2H3,(H,18,19,20). The van der Waals surface area contributed by atoms with Crippen molar-refractivity contribution in [3.8, 4) is 0 Å². The first kappa shape index (κ1) is 13.8. The number of hydrogen-bond acceptors (Lipinski definition) is 3. The maximum atomic E-state index is 6.23. The average molecular weight is 353 g/mol. The fourth-order valence-electron chi connectivity index (χ4n) is 2.01. The highest BCUT2D eigenvalue weighted by Crippen LogP contribution is 2.40. The lowest BCUT2D eigenvalue weighted by Gasteiger charge is -2.13. The fourth-order valence-corrected chi connectivity index (χ4v) is 2.54. The molecule has 1 aromatic heterocycles. The van der Waals surface area contributed by atoms with E-state index in [1.165, 1.54) is 5.56 Å². The zero-order valence-electron chi connectivity index (χ0n) is 11.4. The van der Waals surface area contributed by atoms with Crippen molar-refractivity contribution in [2.45, 2.75) is 32.6 Å². The molecular weight excluding hydrogens is 338 g/mol. The molecule has 3 rings (SSSR count). The lowest BCUT2D eigenvalue weighted by Crippen LogP contribution is -2.03. The van der Waals surface area contributed by atoms with Crippen molar-refractivity contribution in [1.82, 2.24) is 9.97 Å². The fraction of sp³-hybridized carbons (Fsp3) is 0.333.